The Morgan fingerprint density at radius 2 is 1.81 bits per heavy atom. The zero-order chi connectivity index (χ0) is 18.7. The van der Waals surface area contributed by atoms with Gasteiger partial charge in [0.05, 0.1) is 16.1 Å². The molecule has 3 amide bonds. The van der Waals surface area contributed by atoms with Crippen LogP contribution in [0.15, 0.2) is 48.5 Å². The quantitative estimate of drug-likeness (QED) is 0.590. The maximum Gasteiger partial charge on any atom is 0.263 e. The van der Waals surface area contributed by atoms with E-state index in [2.05, 4.69) is 17.9 Å². The molecule has 1 unspecified atom stereocenters. The Hall–Kier alpha value is -2.31. The molecule has 2 aromatic carbocycles. The summed E-state index contributed by atoms with van der Waals surface area (Å²) in [6.45, 7) is 0.344. The average molecular weight is 389 g/mol. The first-order valence-electron chi connectivity index (χ1n) is 8.13. The van der Waals surface area contributed by atoms with Crippen LogP contribution in [0.1, 0.15) is 26.3 Å². The van der Waals surface area contributed by atoms with Crippen LogP contribution in [0.5, 0.6) is 0 Å². The predicted octanol–water partition coefficient (Wildman–Crippen LogP) is 2.59. The molecule has 1 aliphatic rings. The largest absolute Gasteiger partial charge is 0.353 e. The van der Waals surface area contributed by atoms with E-state index in [0.29, 0.717) is 12.3 Å². The highest BCUT2D eigenvalue weighted by Gasteiger charge is 2.43. The van der Waals surface area contributed by atoms with Gasteiger partial charge in [0.2, 0.25) is 5.91 Å². The summed E-state index contributed by atoms with van der Waals surface area (Å²) in [5.41, 5.74) is 1.22. The van der Waals surface area contributed by atoms with Gasteiger partial charge in [-0.1, -0.05) is 48.0 Å². The van der Waals surface area contributed by atoms with Crippen LogP contribution in [0.4, 0.5) is 0 Å². The van der Waals surface area contributed by atoms with Crippen molar-refractivity contribution in [2.24, 2.45) is 0 Å². The third-order valence-electron chi connectivity index (χ3n) is 4.19. The van der Waals surface area contributed by atoms with Crippen LogP contribution in [0.3, 0.4) is 0 Å². The van der Waals surface area contributed by atoms with E-state index in [1.165, 1.54) is 0 Å². The van der Waals surface area contributed by atoms with Gasteiger partial charge in [0.25, 0.3) is 11.8 Å². The monoisotopic (exact) mass is 388 g/mol. The van der Waals surface area contributed by atoms with Gasteiger partial charge in [-0.15, -0.1) is 0 Å². The van der Waals surface area contributed by atoms with E-state index in [0.717, 1.165) is 10.5 Å². The van der Waals surface area contributed by atoms with E-state index in [4.69, 9.17) is 11.6 Å². The number of fused-ring (bicyclic) bond motifs is 1. The molecule has 1 atom stereocenters. The van der Waals surface area contributed by atoms with Crippen molar-refractivity contribution in [2.75, 3.05) is 12.3 Å². The minimum absolute atomic E-state index is 0.152. The minimum Gasteiger partial charge on any atom is -0.353 e. The summed E-state index contributed by atoms with van der Waals surface area (Å²) in [6, 6.07) is 13.0. The number of benzene rings is 2. The van der Waals surface area contributed by atoms with Crippen LogP contribution in [0.2, 0.25) is 5.02 Å². The van der Waals surface area contributed by atoms with E-state index in [9.17, 15) is 14.4 Å². The first kappa shape index (κ1) is 18.5. The van der Waals surface area contributed by atoms with E-state index < -0.39 is 23.8 Å². The standard InChI is InChI=1S/C19H17ClN2O3S/c20-14-8-4-7-13-16(14)19(25)22(18(13)24)15(17(23)21-9-10-26)11-12-5-2-1-3-6-12/h1-8,15,26H,9-11H2,(H,21,23). The topological polar surface area (TPSA) is 66.5 Å². The molecule has 134 valence electrons. The number of amides is 3. The van der Waals surface area contributed by atoms with E-state index >= 15 is 0 Å². The molecule has 26 heavy (non-hydrogen) atoms. The summed E-state index contributed by atoms with van der Waals surface area (Å²) in [5, 5.41) is 2.92. The van der Waals surface area contributed by atoms with Gasteiger partial charge in [0.1, 0.15) is 6.04 Å². The van der Waals surface area contributed by atoms with E-state index in [-0.39, 0.29) is 22.6 Å². The van der Waals surface area contributed by atoms with Crippen LogP contribution in [0.25, 0.3) is 0 Å². The van der Waals surface area contributed by atoms with Crippen molar-refractivity contribution < 1.29 is 14.4 Å². The fourth-order valence-electron chi connectivity index (χ4n) is 2.98. The van der Waals surface area contributed by atoms with E-state index in [1.807, 2.05) is 30.3 Å². The van der Waals surface area contributed by atoms with Crippen molar-refractivity contribution in [1.82, 2.24) is 10.2 Å². The molecule has 1 N–H and O–H groups in total. The molecule has 1 heterocycles. The Labute approximate surface area is 161 Å². The number of nitrogens with one attached hydrogen (secondary N) is 1. The van der Waals surface area contributed by atoms with Crippen molar-refractivity contribution in [1.29, 1.82) is 0 Å². The van der Waals surface area contributed by atoms with Gasteiger partial charge in [0.15, 0.2) is 0 Å². The summed E-state index contributed by atoms with van der Waals surface area (Å²) >= 11 is 10.2. The Morgan fingerprint density at radius 3 is 2.46 bits per heavy atom. The van der Waals surface area contributed by atoms with Crippen LogP contribution in [-0.4, -0.2) is 41.0 Å². The maximum absolute atomic E-state index is 12.9. The maximum atomic E-state index is 12.9. The lowest BCUT2D eigenvalue weighted by molar-refractivity contribution is -0.124. The lowest BCUT2D eigenvalue weighted by atomic mass is 10.0. The number of nitrogens with zero attached hydrogens (tertiary/aromatic N) is 1. The van der Waals surface area contributed by atoms with Crippen LogP contribution in [-0.2, 0) is 11.2 Å². The summed E-state index contributed by atoms with van der Waals surface area (Å²) in [5.74, 6) is -0.988. The fraction of sp³-hybridized carbons (Fsp3) is 0.211. The summed E-state index contributed by atoms with van der Waals surface area (Å²) in [4.78, 5) is 39.4. The Balaban J connectivity index is 1.96. The Bertz CT molecular complexity index is 857. The number of hydrogen-bond donors (Lipinski definition) is 2. The highest BCUT2D eigenvalue weighted by atomic mass is 35.5. The molecular formula is C19H17ClN2O3S. The second kappa shape index (κ2) is 7.93. The van der Waals surface area contributed by atoms with Gasteiger partial charge in [0, 0.05) is 18.7 Å². The lowest BCUT2D eigenvalue weighted by Crippen LogP contribution is -2.51. The molecule has 0 spiro atoms. The first-order chi connectivity index (χ1) is 12.5. The number of halogens is 1. The third-order valence-corrected chi connectivity index (χ3v) is 4.73. The Morgan fingerprint density at radius 1 is 1.08 bits per heavy atom. The Kier molecular flexibility index (Phi) is 5.64. The molecule has 7 heteroatoms. The number of imide groups is 1. The van der Waals surface area contributed by atoms with Crippen molar-refractivity contribution in [3.63, 3.8) is 0 Å². The summed E-state index contributed by atoms with van der Waals surface area (Å²) in [7, 11) is 0. The molecule has 0 fully saturated rings. The van der Waals surface area contributed by atoms with Crippen LogP contribution >= 0.6 is 24.2 Å². The van der Waals surface area contributed by atoms with Gasteiger partial charge in [-0.3, -0.25) is 19.3 Å². The summed E-state index contributed by atoms with van der Waals surface area (Å²) in [6.07, 6.45) is 0.225. The normalized spacial score (nSPS) is 14.3. The zero-order valence-corrected chi connectivity index (χ0v) is 15.5. The molecule has 1 aliphatic heterocycles. The van der Waals surface area contributed by atoms with Crippen molar-refractivity contribution in [3.8, 4) is 0 Å². The molecule has 0 saturated carbocycles. The minimum atomic E-state index is -0.958. The molecule has 0 bridgehead atoms. The molecule has 3 rings (SSSR count). The smallest absolute Gasteiger partial charge is 0.263 e. The molecule has 0 saturated heterocycles. The summed E-state index contributed by atoms with van der Waals surface area (Å²) < 4.78 is 0. The van der Waals surface area contributed by atoms with Crippen molar-refractivity contribution >= 4 is 42.0 Å². The SMILES string of the molecule is O=C(NCCS)C(Cc1ccccc1)N1C(=O)c2cccc(Cl)c2C1=O. The molecule has 0 radical (unpaired) electrons. The number of hydrogen-bond acceptors (Lipinski definition) is 4. The second-order valence-electron chi connectivity index (χ2n) is 5.86. The molecular weight excluding hydrogens is 372 g/mol. The number of carbonyl (C=O) groups is 3. The van der Waals surface area contributed by atoms with Gasteiger partial charge >= 0.3 is 0 Å². The van der Waals surface area contributed by atoms with Gasteiger partial charge in [-0.05, 0) is 17.7 Å². The highest BCUT2D eigenvalue weighted by Crippen LogP contribution is 2.31. The first-order valence-corrected chi connectivity index (χ1v) is 9.14. The average Bonchev–Trinajstić information content (AvgIpc) is 2.90. The third kappa shape index (κ3) is 3.48. The van der Waals surface area contributed by atoms with E-state index in [1.54, 1.807) is 18.2 Å². The zero-order valence-electron chi connectivity index (χ0n) is 13.8. The van der Waals surface area contributed by atoms with Crippen LogP contribution < -0.4 is 5.32 Å². The molecule has 0 aromatic heterocycles. The second-order valence-corrected chi connectivity index (χ2v) is 6.72. The van der Waals surface area contributed by atoms with Gasteiger partial charge in [-0.2, -0.15) is 12.6 Å². The number of thiol groups is 1. The fourth-order valence-corrected chi connectivity index (χ4v) is 3.35. The van der Waals surface area contributed by atoms with Gasteiger partial charge in [-0.25, -0.2) is 0 Å². The molecule has 5 nitrogen and oxygen atoms in total. The predicted molar refractivity (Wildman–Crippen MR) is 103 cm³/mol. The molecule has 2 aromatic rings. The highest BCUT2D eigenvalue weighted by molar-refractivity contribution is 7.80. The van der Waals surface area contributed by atoms with Gasteiger partial charge < -0.3 is 5.32 Å². The molecule has 0 aliphatic carbocycles. The van der Waals surface area contributed by atoms with Crippen molar-refractivity contribution in [2.45, 2.75) is 12.5 Å². The van der Waals surface area contributed by atoms with Crippen molar-refractivity contribution in [3.05, 3.63) is 70.2 Å². The number of carbonyl (C=O) groups excluding carboxylic acids is 3. The lowest BCUT2D eigenvalue weighted by Gasteiger charge is -2.25. The van der Waals surface area contributed by atoms with Crippen LogP contribution in [0, 0.1) is 0 Å². The number of rotatable bonds is 6.